The molecule has 0 unspecified atom stereocenters. The van der Waals surface area contributed by atoms with E-state index in [1.54, 1.807) is 17.0 Å². The molecule has 1 aromatic rings. The molecule has 2 rings (SSSR count). The Hall–Kier alpha value is -1.51. The maximum atomic E-state index is 11.1. The molecule has 0 aromatic heterocycles. The van der Waals surface area contributed by atoms with Gasteiger partial charge in [-0.2, -0.15) is 0 Å². The molecule has 0 saturated heterocycles. The van der Waals surface area contributed by atoms with E-state index in [-0.39, 0.29) is 6.03 Å². The highest BCUT2D eigenvalue weighted by molar-refractivity contribution is 5.91. The molecule has 3 heteroatoms. The predicted molar refractivity (Wildman–Crippen MR) is 50.4 cm³/mol. The van der Waals surface area contributed by atoms with Crippen molar-refractivity contribution in [3.05, 3.63) is 30.3 Å². The van der Waals surface area contributed by atoms with Gasteiger partial charge in [0.1, 0.15) is 0 Å². The van der Waals surface area contributed by atoms with Gasteiger partial charge in [-0.25, -0.2) is 4.79 Å². The Morgan fingerprint density at radius 3 is 2.54 bits per heavy atom. The van der Waals surface area contributed by atoms with Gasteiger partial charge in [0.15, 0.2) is 0 Å². The fourth-order valence-electron chi connectivity index (χ4n) is 1.39. The van der Waals surface area contributed by atoms with Crippen molar-refractivity contribution in [1.29, 1.82) is 0 Å². The predicted octanol–water partition coefficient (Wildman–Crippen LogP) is 1.53. The summed E-state index contributed by atoms with van der Waals surface area (Å²) in [6.07, 6.45) is 2.11. The third kappa shape index (κ3) is 1.64. The standard InChI is InChI=1S/C10H11N2O/c11-10(13)12(9-6-7-9)8-4-2-1-3-5-8/h2-5,9H,6-7H2,(H2,11,13). The minimum Gasteiger partial charge on any atom is -0.351 e. The average Bonchev–Trinajstić information content (AvgIpc) is 2.90. The van der Waals surface area contributed by atoms with Crippen LogP contribution in [0.5, 0.6) is 0 Å². The Morgan fingerprint density at radius 1 is 1.46 bits per heavy atom. The van der Waals surface area contributed by atoms with Gasteiger partial charge < -0.3 is 5.73 Å². The van der Waals surface area contributed by atoms with Crippen LogP contribution in [0.2, 0.25) is 0 Å². The average molecular weight is 175 g/mol. The largest absolute Gasteiger partial charge is 0.351 e. The number of carbonyl (C=O) groups is 1. The highest BCUT2D eigenvalue weighted by atomic mass is 16.2. The second kappa shape index (κ2) is 3.09. The molecule has 1 aliphatic rings. The van der Waals surface area contributed by atoms with Crippen LogP contribution in [0.15, 0.2) is 24.3 Å². The smallest absolute Gasteiger partial charge is 0.319 e. The van der Waals surface area contributed by atoms with E-state index in [0.29, 0.717) is 6.04 Å². The molecule has 67 valence electrons. The van der Waals surface area contributed by atoms with Crippen LogP contribution in [-0.4, -0.2) is 12.1 Å². The molecule has 0 spiro atoms. The van der Waals surface area contributed by atoms with E-state index in [4.69, 9.17) is 5.73 Å². The van der Waals surface area contributed by atoms with E-state index in [0.717, 1.165) is 18.5 Å². The number of amides is 2. The molecule has 0 atom stereocenters. The van der Waals surface area contributed by atoms with E-state index in [1.165, 1.54) is 0 Å². The number of nitrogens with two attached hydrogens (primary N) is 1. The maximum absolute atomic E-state index is 11.1. The molecule has 1 fully saturated rings. The summed E-state index contributed by atoms with van der Waals surface area (Å²) in [7, 11) is 0. The lowest BCUT2D eigenvalue weighted by Gasteiger charge is -2.19. The summed E-state index contributed by atoms with van der Waals surface area (Å²) in [5, 5.41) is 0. The second-order valence-corrected chi connectivity index (χ2v) is 3.20. The van der Waals surface area contributed by atoms with E-state index in [1.807, 2.05) is 12.1 Å². The summed E-state index contributed by atoms with van der Waals surface area (Å²) in [6, 6.07) is 10.1. The second-order valence-electron chi connectivity index (χ2n) is 3.20. The van der Waals surface area contributed by atoms with Crippen LogP contribution in [0.25, 0.3) is 0 Å². The molecule has 0 heterocycles. The number of hydrogen-bond donors (Lipinski definition) is 1. The molecule has 0 bridgehead atoms. The fourth-order valence-corrected chi connectivity index (χ4v) is 1.39. The molecule has 1 aliphatic carbocycles. The van der Waals surface area contributed by atoms with Crippen LogP contribution in [0.4, 0.5) is 10.5 Å². The third-order valence-corrected chi connectivity index (χ3v) is 2.13. The molecule has 3 nitrogen and oxygen atoms in total. The van der Waals surface area contributed by atoms with Gasteiger partial charge in [-0.05, 0) is 31.0 Å². The minimum atomic E-state index is -0.367. The molecule has 2 amide bonds. The van der Waals surface area contributed by atoms with Gasteiger partial charge >= 0.3 is 6.03 Å². The lowest BCUT2D eigenvalue weighted by atomic mass is 10.3. The SMILES string of the molecule is NC(=O)N(c1cc[c]cc1)C1CC1. The lowest BCUT2D eigenvalue weighted by Crippen LogP contribution is -2.37. The van der Waals surface area contributed by atoms with E-state index < -0.39 is 0 Å². The van der Waals surface area contributed by atoms with Crippen LogP contribution >= 0.6 is 0 Å². The number of benzene rings is 1. The van der Waals surface area contributed by atoms with E-state index in [9.17, 15) is 4.79 Å². The summed E-state index contributed by atoms with van der Waals surface area (Å²) in [5.74, 6) is 0. The van der Waals surface area contributed by atoms with Crippen molar-refractivity contribution >= 4 is 11.7 Å². The summed E-state index contributed by atoms with van der Waals surface area (Å²) in [4.78, 5) is 12.8. The summed E-state index contributed by atoms with van der Waals surface area (Å²) >= 11 is 0. The van der Waals surface area contributed by atoms with Gasteiger partial charge in [0.2, 0.25) is 0 Å². The molecular weight excluding hydrogens is 164 g/mol. The van der Waals surface area contributed by atoms with E-state index >= 15 is 0 Å². The highest BCUT2D eigenvalue weighted by Crippen LogP contribution is 2.30. The molecule has 1 saturated carbocycles. The number of anilines is 1. The van der Waals surface area contributed by atoms with Crippen LogP contribution in [0.3, 0.4) is 0 Å². The number of urea groups is 1. The number of nitrogens with zero attached hydrogens (tertiary/aromatic N) is 1. The minimum absolute atomic E-state index is 0.319. The number of hydrogen-bond acceptors (Lipinski definition) is 1. The van der Waals surface area contributed by atoms with Gasteiger partial charge in [-0.15, -0.1) is 0 Å². The van der Waals surface area contributed by atoms with Crippen molar-refractivity contribution in [2.45, 2.75) is 18.9 Å². The fraction of sp³-hybridized carbons (Fsp3) is 0.300. The third-order valence-electron chi connectivity index (χ3n) is 2.13. The summed E-state index contributed by atoms with van der Waals surface area (Å²) in [6.45, 7) is 0. The molecule has 1 aromatic carbocycles. The van der Waals surface area contributed by atoms with Crippen molar-refractivity contribution in [3.8, 4) is 0 Å². The monoisotopic (exact) mass is 175 g/mol. The lowest BCUT2D eigenvalue weighted by molar-refractivity contribution is 0.253. The van der Waals surface area contributed by atoms with Crippen molar-refractivity contribution in [3.63, 3.8) is 0 Å². The quantitative estimate of drug-likeness (QED) is 0.728. The van der Waals surface area contributed by atoms with Gasteiger partial charge in [0.25, 0.3) is 0 Å². The number of carbonyl (C=O) groups excluding carboxylic acids is 1. The normalized spacial score (nSPS) is 15.4. The van der Waals surface area contributed by atoms with Gasteiger partial charge in [0, 0.05) is 11.7 Å². The molecule has 13 heavy (non-hydrogen) atoms. The van der Waals surface area contributed by atoms with Crippen molar-refractivity contribution in [1.82, 2.24) is 0 Å². The zero-order chi connectivity index (χ0) is 9.26. The van der Waals surface area contributed by atoms with Gasteiger partial charge in [-0.3, -0.25) is 4.90 Å². The zero-order valence-corrected chi connectivity index (χ0v) is 7.23. The molecule has 1 radical (unpaired) electrons. The van der Waals surface area contributed by atoms with Crippen LogP contribution in [-0.2, 0) is 0 Å². The van der Waals surface area contributed by atoms with E-state index in [2.05, 4.69) is 6.07 Å². The Balaban J connectivity index is 2.25. The Bertz CT molecular complexity index is 306. The maximum Gasteiger partial charge on any atom is 0.319 e. The Morgan fingerprint density at radius 2 is 2.08 bits per heavy atom. The molecule has 2 N–H and O–H groups in total. The zero-order valence-electron chi connectivity index (χ0n) is 7.23. The van der Waals surface area contributed by atoms with Gasteiger partial charge in [0.05, 0.1) is 0 Å². The highest BCUT2D eigenvalue weighted by Gasteiger charge is 2.32. The number of rotatable bonds is 2. The summed E-state index contributed by atoms with van der Waals surface area (Å²) in [5.41, 5.74) is 6.16. The first-order valence-corrected chi connectivity index (χ1v) is 4.34. The first-order valence-electron chi connectivity index (χ1n) is 4.34. The number of primary amides is 1. The van der Waals surface area contributed by atoms with Crippen molar-refractivity contribution in [2.24, 2.45) is 5.73 Å². The Labute approximate surface area is 77.1 Å². The topological polar surface area (TPSA) is 46.3 Å². The van der Waals surface area contributed by atoms with Gasteiger partial charge in [-0.1, -0.05) is 12.1 Å². The van der Waals surface area contributed by atoms with Crippen molar-refractivity contribution < 1.29 is 4.79 Å². The van der Waals surface area contributed by atoms with Crippen LogP contribution in [0.1, 0.15) is 12.8 Å². The summed E-state index contributed by atoms with van der Waals surface area (Å²) < 4.78 is 0. The molecule has 0 aliphatic heterocycles. The molecular formula is C10H11N2O. The van der Waals surface area contributed by atoms with Crippen molar-refractivity contribution in [2.75, 3.05) is 4.90 Å². The van der Waals surface area contributed by atoms with Crippen LogP contribution < -0.4 is 10.6 Å². The first-order chi connectivity index (χ1) is 6.29. The van der Waals surface area contributed by atoms with Crippen LogP contribution in [0, 0.1) is 6.07 Å². The Kier molecular flexibility index (Phi) is 1.93. The first kappa shape index (κ1) is 8.10.